The van der Waals surface area contributed by atoms with Crippen molar-refractivity contribution in [1.82, 2.24) is 14.9 Å². The van der Waals surface area contributed by atoms with Crippen LogP contribution in [0.2, 0.25) is 0 Å². The number of aromatic amines is 1. The van der Waals surface area contributed by atoms with Crippen molar-refractivity contribution in [1.29, 1.82) is 0 Å². The van der Waals surface area contributed by atoms with Gasteiger partial charge in [0.15, 0.2) is 0 Å². The van der Waals surface area contributed by atoms with Crippen LogP contribution in [0.15, 0.2) is 18.5 Å². The molecule has 1 aliphatic heterocycles. The lowest BCUT2D eigenvalue weighted by atomic mass is 9.82. The topological polar surface area (TPSA) is 58.2 Å². The molecule has 0 aliphatic carbocycles. The summed E-state index contributed by atoms with van der Waals surface area (Å²) in [6.07, 6.45) is 4.55. The fourth-order valence-corrected chi connectivity index (χ4v) is 3.68. The Labute approximate surface area is 149 Å². The molecule has 0 saturated carbocycles. The first-order valence-corrected chi connectivity index (χ1v) is 8.87. The zero-order chi connectivity index (χ0) is 18.4. The molecule has 25 heavy (non-hydrogen) atoms. The molecule has 1 N–H and O–H groups in total. The highest BCUT2D eigenvalue weighted by molar-refractivity contribution is 6.17. The molecule has 0 bridgehead atoms. The number of hydrogen-bond donors (Lipinski definition) is 1. The molecule has 0 radical (unpaired) electrons. The minimum atomic E-state index is -0.303. The van der Waals surface area contributed by atoms with Crippen LogP contribution in [-0.4, -0.2) is 40.5 Å². The van der Waals surface area contributed by atoms with Crippen LogP contribution < -0.4 is 0 Å². The Morgan fingerprint density at radius 3 is 2.80 bits per heavy atom. The minimum absolute atomic E-state index is 0.132. The van der Waals surface area contributed by atoms with Gasteiger partial charge in [0.05, 0.1) is 17.4 Å². The van der Waals surface area contributed by atoms with E-state index in [-0.39, 0.29) is 17.5 Å². The number of fused-ring (bicyclic) bond motifs is 3. The summed E-state index contributed by atoms with van der Waals surface area (Å²) in [4.78, 5) is 22.7. The highest BCUT2D eigenvalue weighted by Gasteiger charge is 2.35. The van der Waals surface area contributed by atoms with Gasteiger partial charge in [0, 0.05) is 36.8 Å². The lowest BCUT2D eigenvalue weighted by Gasteiger charge is -2.28. The Morgan fingerprint density at radius 1 is 1.44 bits per heavy atom. The molecule has 134 valence electrons. The number of esters is 1. The molecule has 2 aromatic rings. The number of carbonyl (C=O) groups excluding carboxylic acids is 1. The van der Waals surface area contributed by atoms with Crippen molar-refractivity contribution >= 4 is 22.6 Å². The fourth-order valence-electron chi connectivity index (χ4n) is 3.68. The Bertz CT molecular complexity index is 846. The number of nitrogens with zero attached hydrogens (tertiary/aromatic N) is 2. The molecule has 0 spiro atoms. The van der Waals surface area contributed by atoms with E-state index in [1.54, 1.807) is 0 Å². The first-order valence-electron chi connectivity index (χ1n) is 8.87. The van der Waals surface area contributed by atoms with Crippen LogP contribution in [0.1, 0.15) is 51.4 Å². The van der Waals surface area contributed by atoms with Crippen molar-refractivity contribution in [3.05, 3.63) is 35.3 Å². The SMILES string of the molecule is CCc1cnc2[nH]c3c(c2c1)C(C)(C)CN(C)C=C3C(=O)OC(C)C. The van der Waals surface area contributed by atoms with E-state index >= 15 is 0 Å². The fraction of sp³-hybridized carbons (Fsp3) is 0.500. The van der Waals surface area contributed by atoms with E-state index in [2.05, 4.69) is 41.7 Å². The lowest BCUT2D eigenvalue weighted by molar-refractivity contribution is -0.140. The molecular formula is C20H27N3O2. The largest absolute Gasteiger partial charge is 0.459 e. The molecule has 5 nitrogen and oxygen atoms in total. The van der Waals surface area contributed by atoms with Gasteiger partial charge in [0.25, 0.3) is 0 Å². The van der Waals surface area contributed by atoms with Gasteiger partial charge in [-0.15, -0.1) is 0 Å². The van der Waals surface area contributed by atoms with Crippen molar-refractivity contribution < 1.29 is 9.53 Å². The van der Waals surface area contributed by atoms with Crippen molar-refractivity contribution in [3.63, 3.8) is 0 Å². The number of pyridine rings is 1. The third-order valence-corrected chi connectivity index (χ3v) is 4.62. The molecule has 0 atom stereocenters. The summed E-state index contributed by atoms with van der Waals surface area (Å²) in [5.41, 5.74) is 4.42. The molecule has 0 saturated heterocycles. The predicted octanol–water partition coefficient (Wildman–Crippen LogP) is 3.64. The number of aromatic nitrogens is 2. The molecule has 3 rings (SSSR count). The molecule has 0 fully saturated rings. The molecule has 0 aromatic carbocycles. The van der Waals surface area contributed by atoms with Gasteiger partial charge in [-0.3, -0.25) is 0 Å². The third kappa shape index (κ3) is 3.15. The molecule has 1 aliphatic rings. The zero-order valence-corrected chi connectivity index (χ0v) is 15.9. The van der Waals surface area contributed by atoms with E-state index in [0.717, 1.165) is 35.3 Å². The van der Waals surface area contributed by atoms with E-state index in [0.29, 0.717) is 5.57 Å². The molecule has 2 aromatic heterocycles. The van der Waals surface area contributed by atoms with Crippen molar-refractivity contribution in [2.24, 2.45) is 0 Å². The minimum Gasteiger partial charge on any atom is -0.459 e. The van der Waals surface area contributed by atoms with Crippen LogP contribution in [0.5, 0.6) is 0 Å². The molecule has 0 amide bonds. The van der Waals surface area contributed by atoms with Gasteiger partial charge in [0.1, 0.15) is 5.65 Å². The van der Waals surface area contributed by atoms with Crippen LogP contribution in [0, 0.1) is 0 Å². The first-order chi connectivity index (χ1) is 11.7. The average Bonchev–Trinajstić information content (AvgIpc) is 2.85. The summed E-state index contributed by atoms with van der Waals surface area (Å²) in [5, 5.41) is 1.10. The van der Waals surface area contributed by atoms with Gasteiger partial charge in [0.2, 0.25) is 0 Å². The van der Waals surface area contributed by atoms with E-state index in [1.165, 1.54) is 5.56 Å². The highest BCUT2D eigenvalue weighted by Crippen LogP contribution is 2.39. The highest BCUT2D eigenvalue weighted by atomic mass is 16.5. The number of likely N-dealkylation sites (N-methyl/N-ethyl adjacent to an activating group) is 1. The lowest BCUT2D eigenvalue weighted by Crippen LogP contribution is -2.30. The van der Waals surface area contributed by atoms with E-state index < -0.39 is 0 Å². The Balaban J connectivity index is 2.26. The monoisotopic (exact) mass is 341 g/mol. The van der Waals surface area contributed by atoms with E-state index in [4.69, 9.17) is 4.74 Å². The van der Waals surface area contributed by atoms with Crippen LogP contribution in [-0.2, 0) is 21.4 Å². The van der Waals surface area contributed by atoms with Gasteiger partial charge < -0.3 is 14.6 Å². The number of H-pyrrole nitrogens is 1. The summed E-state index contributed by atoms with van der Waals surface area (Å²) < 4.78 is 5.49. The van der Waals surface area contributed by atoms with Crippen molar-refractivity contribution in [3.8, 4) is 0 Å². The van der Waals surface area contributed by atoms with Crippen molar-refractivity contribution in [2.45, 2.75) is 52.6 Å². The van der Waals surface area contributed by atoms with Gasteiger partial charge in [-0.25, -0.2) is 9.78 Å². The number of hydrogen-bond acceptors (Lipinski definition) is 4. The smallest absolute Gasteiger partial charge is 0.342 e. The Morgan fingerprint density at radius 2 is 2.16 bits per heavy atom. The van der Waals surface area contributed by atoms with Gasteiger partial charge >= 0.3 is 5.97 Å². The summed E-state index contributed by atoms with van der Waals surface area (Å²) in [6.45, 7) is 11.1. The Kier molecular flexibility index (Phi) is 4.35. The molecule has 3 heterocycles. The van der Waals surface area contributed by atoms with E-state index in [9.17, 15) is 4.79 Å². The third-order valence-electron chi connectivity index (χ3n) is 4.62. The van der Waals surface area contributed by atoms with E-state index in [1.807, 2.05) is 33.3 Å². The molecular weight excluding hydrogens is 314 g/mol. The average molecular weight is 341 g/mol. The number of ether oxygens (including phenoxy) is 1. The molecule has 0 unspecified atom stereocenters. The van der Waals surface area contributed by atoms with Crippen LogP contribution in [0.25, 0.3) is 16.6 Å². The number of aryl methyl sites for hydroxylation is 1. The maximum Gasteiger partial charge on any atom is 0.342 e. The van der Waals surface area contributed by atoms with Crippen LogP contribution in [0.3, 0.4) is 0 Å². The van der Waals surface area contributed by atoms with Crippen LogP contribution >= 0.6 is 0 Å². The summed E-state index contributed by atoms with van der Waals surface area (Å²) in [6, 6.07) is 2.19. The zero-order valence-electron chi connectivity index (χ0n) is 15.9. The first kappa shape index (κ1) is 17.5. The second-order valence-electron chi connectivity index (χ2n) is 7.76. The predicted molar refractivity (Wildman–Crippen MR) is 100 cm³/mol. The molecule has 5 heteroatoms. The second-order valence-corrected chi connectivity index (χ2v) is 7.76. The second kappa shape index (κ2) is 6.21. The number of nitrogens with one attached hydrogen (secondary N) is 1. The van der Waals surface area contributed by atoms with Gasteiger partial charge in [-0.1, -0.05) is 20.8 Å². The standard InChI is InChI=1S/C20H27N3O2/c1-7-13-8-14-16-17(22-18(14)21-9-13)15(19(24)25-12(2)3)10-23(6)11-20(16,4)5/h8-10,12H,7,11H2,1-6H3,(H,21,22). The number of rotatable bonds is 3. The van der Waals surface area contributed by atoms with Gasteiger partial charge in [-0.2, -0.15) is 0 Å². The summed E-state index contributed by atoms with van der Waals surface area (Å²) >= 11 is 0. The Hall–Kier alpha value is -2.30. The van der Waals surface area contributed by atoms with Crippen LogP contribution in [0.4, 0.5) is 0 Å². The maximum absolute atomic E-state index is 12.7. The normalized spacial score (nSPS) is 16.6. The maximum atomic E-state index is 12.7. The quantitative estimate of drug-likeness (QED) is 0.866. The van der Waals surface area contributed by atoms with Gasteiger partial charge in [-0.05, 0) is 37.5 Å². The summed E-state index contributed by atoms with van der Waals surface area (Å²) in [7, 11) is 1.99. The van der Waals surface area contributed by atoms with Crippen molar-refractivity contribution in [2.75, 3.05) is 13.6 Å². The number of carbonyl (C=O) groups is 1. The summed E-state index contributed by atoms with van der Waals surface area (Å²) in [5.74, 6) is -0.303.